The van der Waals surface area contributed by atoms with Crippen molar-refractivity contribution in [3.63, 3.8) is 0 Å². The molecule has 3 N–H and O–H groups in total. The first-order valence-corrected chi connectivity index (χ1v) is 10.8. The first-order chi connectivity index (χ1) is 14.4. The molecule has 1 aliphatic rings. The van der Waals surface area contributed by atoms with Gasteiger partial charge in [0.2, 0.25) is 5.91 Å². The van der Waals surface area contributed by atoms with E-state index in [-0.39, 0.29) is 11.9 Å². The Morgan fingerprint density at radius 3 is 2.37 bits per heavy atom. The number of nitrogens with one attached hydrogen (secondary N) is 3. The van der Waals surface area contributed by atoms with Gasteiger partial charge in [-0.3, -0.25) is 19.3 Å². The van der Waals surface area contributed by atoms with Gasteiger partial charge in [0, 0.05) is 51.0 Å². The number of piperazine rings is 1. The number of nitrogens with zero attached hydrogens (tertiary/aromatic N) is 2. The zero-order valence-corrected chi connectivity index (χ0v) is 18.0. The minimum atomic E-state index is -0.738. The van der Waals surface area contributed by atoms with Crippen molar-refractivity contribution in [3.8, 4) is 0 Å². The Kier molecular flexibility index (Phi) is 7.56. The molecule has 1 aromatic heterocycles. The molecule has 3 amide bonds. The van der Waals surface area contributed by atoms with Crippen molar-refractivity contribution in [1.82, 2.24) is 15.1 Å². The van der Waals surface area contributed by atoms with Crippen LogP contribution in [0.2, 0.25) is 0 Å². The minimum absolute atomic E-state index is 0.0322. The Morgan fingerprint density at radius 2 is 1.73 bits per heavy atom. The highest BCUT2D eigenvalue weighted by Crippen LogP contribution is 2.23. The average molecular weight is 430 g/mol. The molecule has 160 valence electrons. The normalized spacial score (nSPS) is 15.9. The molecular weight excluding hydrogens is 402 g/mol. The summed E-state index contributed by atoms with van der Waals surface area (Å²) in [5.41, 5.74) is 2.14. The Morgan fingerprint density at radius 1 is 1.03 bits per heavy atom. The van der Waals surface area contributed by atoms with Crippen LogP contribution in [0.5, 0.6) is 0 Å². The van der Waals surface area contributed by atoms with Gasteiger partial charge in [-0.25, -0.2) is 0 Å². The van der Waals surface area contributed by atoms with Gasteiger partial charge in [0.05, 0.1) is 6.04 Å². The molecule has 2 heterocycles. The molecule has 1 atom stereocenters. The summed E-state index contributed by atoms with van der Waals surface area (Å²) >= 11 is 1.62. The van der Waals surface area contributed by atoms with Crippen LogP contribution in [0.4, 0.5) is 11.4 Å². The number of hydrogen-bond donors (Lipinski definition) is 3. The highest BCUT2D eigenvalue weighted by atomic mass is 32.1. The van der Waals surface area contributed by atoms with Gasteiger partial charge < -0.3 is 20.9 Å². The van der Waals surface area contributed by atoms with Gasteiger partial charge in [0.25, 0.3) is 0 Å². The zero-order valence-electron chi connectivity index (χ0n) is 17.2. The maximum absolute atomic E-state index is 12.4. The first kappa shape index (κ1) is 21.9. The van der Waals surface area contributed by atoms with Gasteiger partial charge in [-0.15, -0.1) is 0 Å². The van der Waals surface area contributed by atoms with Crippen molar-refractivity contribution in [2.24, 2.45) is 0 Å². The van der Waals surface area contributed by atoms with E-state index in [2.05, 4.69) is 44.2 Å². The van der Waals surface area contributed by atoms with Gasteiger partial charge in [-0.1, -0.05) is 6.07 Å². The maximum atomic E-state index is 12.4. The number of amides is 3. The summed E-state index contributed by atoms with van der Waals surface area (Å²) < 4.78 is 0. The summed E-state index contributed by atoms with van der Waals surface area (Å²) in [5, 5.41) is 12.1. The summed E-state index contributed by atoms with van der Waals surface area (Å²) in [7, 11) is 2.10. The Hall–Kier alpha value is -2.75. The lowest BCUT2D eigenvalue weighted by atomic mass is 10.1. The number of hydrogen-bond acceptors (Lipinski definition) is 6. The average Bonchev–Trinajstić information content (AvgIpc) is 3.23. The second-order valence-corrected chi connectivity index (χ2v) is 8.12. The third-order valence-corrected chi connectivity index (χ3v) is 5.71. The highest BCUT2D eigenvalue weighted by Gasteiger charge is 2.25. The third kappa shape index (κ3) is 6.12. The van der Waals surface area contributed by atoms with Crippen LogP contribution in [0.25, 0.3) is 0 Å². The predicted octanol–water partition coefficient (Wildman–Crippen LogP) is 1.75. The monoisotopic (exact) mass is 429 g/mol. The van der Waals surface area contributed by atoms with Crippen molar-refractivity contribution in [1.29, 1.82) is 0 Å². The maximum Gasteiger partial charge on any atom is 0.313 e. The number of carbonyl (C=O) groups is 3. The fourth-order valence-electron chi connectivity index (χ4n) is 3.39. The molecule has 9 heteroatoms. The van der Waals surface area contributed by atoms with Crippen LogP contribution >= 0.6 is 11.3 Å². The van der Waals surface area contributed by atoms with Gasteiger partial charge in [-0.05, 0) is 47.6 Å². The smallest absolute Gasteiger partial charge is 0.313 e. The van der Waals surface area contributed by atoms with E-state index in [1.165, 1.54) is 6.92 Å². The molecule has 1 fully saturated rings. The van der Waals surface area contributed by atoms with E-state index < -0.39 is 11.8 Å². The number of rotatable bonds is 6. The molecule has 0 aliphatic carbocycles. The molecule has 1 aliphatic heterocycles. The molecule has 0 bridgehead atoms. The van der Waals surface area contributed by atoms with Gasteiger partial charge >= 0.3 is 11.8 Å². The number of anilines is 2. The van der Waals surface area contributed by atoms with Gasteiger partial charge in [0.15, 0.2) is 0 Å². The third-order valence-electron chi connectivity index (χ3n) is 5.01. The van der Waals surface area contributed by atoms with Crippen LogP contribution in [-0.4, -0.2) is 67.3 Å². The summed E-state index contributed by atoms with van der Waals surface area (Å²) in [4.78, 5) is 40.5. The highest BCUT2D eigenvalue weighted by molar-refractivity contribution is 7.08. The summed E-state index contributed by atoms with van der Waals surface area (Å²) in [6.45, 7) is 5.53. The lowest BCUT2D eigenvalue weighted by Crippen LogP contribution is -2.49. The minimum Gasteiger partial charge on any atom is -0.346 e. The van der Waals surface area contributed by atoms with E-state index in [9.17, 15) is 14.4 Å². The number of benzene rings is 1. The molecule has 0 unspecified atom stereocenters. The molecular formula is C21H27N5O3S. The molecule has 2 aromatic rings. The van der Waals surface area contributed by atoms with E-state index in [4.69, 9.17) is 0 Å². The second-order valence-electron chi connectivity index (χ2n) is 7.34. The molecule has 1 saturated heterocycles. The molecule has 0 saturated carbocycles. The summed E-state index contributed by atoms with van der Waals surface area (Å²) in [5.74, 6) is -1.63. The quantitative estimate of drug-likeness (QED) is 0.609. The molecule has 1 aromatic carbocycles. The van der Waals surface area contributed by atoms with Gasteiger partial charge in [-0.2, -0.15) is 11.3 Å². The van der Waals surface area contributed by atoms with Crippen LogP contribution in [0.1, 0.15) is 18.5 Å². The van der Waals surface area contributed by atoms with Crippen molar-refractivity contribution >= 4 is 40.4 Å². The summed E-state index contributed by atoms with van der Waals surface area (Å²) in [6.07, 6.45) is 0. The first-order valence-electron chi connectivity index (χ1n) is 9.84. The molecule has 0 radical (unpaired) electrons. The topological polar surface area (TPSA) is 93.8 Å². The van der Waals surface area contributed by atoms with Crippen molar-refractivity contribution < 1.29 is 14.4 Å². The van der Waals surface area contributed by atoms with E-state index in [0.717, 1.165) is 31.7 Å². The number of carbonyl (C=O) groups excluding carboxylic acids is 3. The Balaban J connectivity index is 1.58. The zero-order chi connectivity index (χ0) is 21.5. The van der Waals surface area contributed by atoms with E-state index in [1.54, 1.807) is 35.6 Å². The van der Waals surface area contributed by atoms with Crippen molar-refractivity contribution in [2.75, 3.05) is 50.4 Å². The largest absolute Gasteiger partial charge is 0.346 e. The second kappa shape index (κ2) is 10.3. The van der Waals surface area contributed by atoms with Crippen molar-refractivity contribution in [3.05, 3.63) is 46.7 Å². The number of likely N-dealkylation sites (N-methyl/N-ethyl adjacent to an activating group) is 1. The SMILES string of the molecule is CC(=O)Nc1cccc(NC(=O)C(=O)NC[C@H](c2ccsc2)N2CCN(C)CC2)c1. The molecule has 3 rings (SSSR count). The molecule has 30 heavy (non-hydrogen) atoms. The van der Waals surface area contributed by atoms with Gasteiger partial charge in [0.1, 0.15) is 0 Å². The fourth-order valence-corrected chi connectivity index (χ4v) is 4.10. The van der Waals surface area contributed by atoms with Crippen LogP contribution in [0.15, 0.2) is 41.1 Å². The van der Waals surface area contributed by atoms with Crippen LogP contribution in [0, 0.1) is 0 Å². The Labute approximate surface area is 180 Å². The van der Waals surface area contributed by atoms with E-state index in [0.29, 0.717) is 17.9 Å². The Bertz CT molecular complexity index is 879. The van der Waals surface area contributed by atoms with Crippen LogP contribution in [0.3, 0.4) is 0 Å². The standard InChI is InChI=1S/C21H27N5O3S/c1-15(27)23-17-4-3-5-18(12-17)24-21(29)20(28)22-13-19(16-6-11-30-14-16)26-9-7-25(2)8-10-26/h3-6,11-12,14,19H,7-10,13H2,1-2H3,(H,22,28)(H,23,27)(H,24,29)/t19-/m1/s1. The summed E-state index contributed by atoms with van der Waals surface area (Å²) in [6, 6.07) is 8.76. The van der Waals surface area contributed by atoms with E-state index in [1.807, 2.05) is 5.38 Å². The molecule has 0 spiro atoms. The number of thiophene rings is 1. The van der Waals surface area contributed by atoms with Crippen LogP contribution < -0.4 is 16.0 Å². The van der Waals surface area contributed by atoms with Crippen LogP contribution in [-0.2, 0) is 14.4 Å². The fraction of sp³-hybridized carbons (Fsp3) is 0.381. The molecule has 8 nitrogen and oxygen atoms in total. The predicted molar refractivity (Wildman–Crippen MR) is 119 cm³/mol. The lowest BCUT2D eigenvalue weighted by Gasteiger charge is -2.37. The van der Waals surface area contributed by atoms with Crippen molar-refractivity contribution in [2.45, 2.75) is 13.0 Å². The van der Waals surface area contributed by atoms with E-state index >= 15 is 0 Å². The lowest BCUT2D eigenvalue weighted by molar-refractivity contribution is -0.136.